The SMILES string of the molecule is O=C(O)c1[nH]c2ccc(OCc3ccccc3)c(Cc3cc4c(cc3Cl)OCO4)c2c1-c1ccc(Cl)cc1Cl. The van der Waals surface area contributed by atoms with E-state index in [1.54, 1.807) is 30.3 Å². The molecule has 0 spiro atoms. The van der Waals surface area contributed by atoms with Gasteiger partial charge in [-0.3, -0.25) is 0 Å². The summed E-state index contributed by atoms with van der Waals surface area (Å²) in [4.78, 5) is 15.5. The smallest absolute Gasteiger partial charge is 0.352 e. The van der Waals surface area contributed by atoms with Crippen LogP contribution >= 0.6 is 34.8 Å². The number of benzene rings is 4. The van der Waals surface area contributed by atoms with Gasteiger partial charge in [-0.1, -0.05) is 71.2 Å². The van der Waals surface area contributed by atoms with Crippen LogP contribution in [0.25, 0.3) is 22.0 Å². The first-order chi connectivity index (χ1) is 18.9. The molecule has 0 radical (unpaired) electrons. The highest BCUT2D eigenvalue weighted by Gasteiger charge is 2.26. The minimum atomic E-state index is -1.12. The molecule has 0 saturated heterocycles. The third-order valence-corrected chi connectivity index (χ3v) is 7.49. The zero-order valence-corrected chi connectivity index (χ0v) is 22.5. The van der Waals surface area contributed by atoms with E-state index in [0.717, 1.165) is 16.7 Å². The minimum absolute atomic E-state index is 0.00691. The Labute approximate surface area is 238 Å². The zero-order chi connectivity index (χ0) is 27.1. The fourth-order valence-corrected chi connectivity index (χ4v) is 5.52. The molecule has 2 heterocycles. The van der Waals surface area contributed by atoms with Gasteiger partial charge in [0, 0.05) is 55.1 Å². The van der Waals surface area contributed by atoms with Crippen molar-refractivity contribution in [3.63, 3.8) is 0 Å². The summed E-state index contributed by atoms with van der Waals surface area (Å²) in [6.45, 7) is 0.441. The predicted molar refractivity (Wildman–Crippen MR) is 152 cm³/mol. The standard InChI is InChI=1S/C30H20Cl3NO5/c31-18-6-7-19(22(33)12-18)28-27-20(10-17-11-25-26(13-21(17)32)39-15-38-25)24(37-14-16-4-2-1-3-5-16)9-8-23(27)34-29(28)30(35)36/h1-9,11-13,34H,10,14-15H2,(H,35,36). The number of rotatable bonds is 7. The Morgan fingerprint density at radius 1 is 0.923 bits per heavy atom. The molecule has 9 heteroatoms. The zero-order valence-electron chi connectivity index (χ0n) is 20.3. The van der Waals surface area contributed by atoms with Crippen LogP contribution in [-0.2, 0) is 13.0 Å². The van der Waals surface area contributed by atoms with Crippen molar-refractivity contribution in [2.75, 3.05) is 6.79 Å². The Morgan fingerprint density at radius 2 is 1.69 bits per heavy atom. The summed E-state index contributed by atoms with van der Waals surface area (Å²) in [5.74, 6) is 0.633. The molecule has 0 amide bonds. The molecule has 0 unspecified atom stereocenters. The minimum Gasteiger partial charge on any atom is -0.489 e. The highest BCUT2D eigenvalue weighted by molar-refractivity contribution is 6.37. The van der Waals surface area contributed by atoms with E-state index in [1.807, 2.05) is 42.5 Å². The van der Waals surface area contributed by atoms with Gasteiger partial charge in [0.05, 0.1) is 0 Å². The molecule has 0 atom stereocenters. The van der Waals surface area contributed by atoms with E-state index in [0.29, 0.717) is 67.4 Å². The summed E-state index contributed by atoms with van der Waals surface area (Å²) in [5, 5.41) is 12.1. The first-order valence-electron chi connectivity index (χ1n) is 12.0. The molecule has 1 aliphatic rings. The van der Waals surface area contributed by atoms with Gasteiger partial charge in [-0.2, -0.15) is 0 Å². The van der Waals surface area contributed by atoms with Gasteiger partial charge in [0.2, 0.25) is 6.79 Å². The Hall–Kier alpha value is -3.84. The van der Waals surface area contributed by atoms with E-state index < -0.39 is 5.97 Å². The molecule has 6 nitrogen and oxygen atoms in total. The summed E-state index contributed by atoms with van der Waals surface area (Å²) in [6, 6.07) is 22.0. The summed E-state index contributed by atoms with van der Waals surface area (Å²) < 4.78 is 17.4. The van der Waals surface area contributed by atoms with Crippen molar-refractivity contribution in [2.24, 2.45) is 0 Å². The predicted octanol–water partition coefficient (Wildman–Crippen LogP) is 8.39. The van der Waals surface area contributed by atoms with E-state index in [2.05, 4.69) is 4.98 Å². The number of ether oxygens (including phenoxy) is 3. The van der Waals surface area contributed by atoms with E-state index >= 15 is 0 Å². The first-order valence-corrected chi connectivity index (χ1v) is 13.1. The molecule has 39 heavy (non-hydrogen) atoms. The van der Waals surface area contributed by atoms with Crippen LogP contribution in [0.4, 0.5) is 0 Å². The fraction of sp³-hybridized carbons (Fsp3) is 0.100. The second-order valence-electron chi connectivity index (χ2n) is 9.02. The molecule has 0 aliphatic carbocycles. The number of carbonyl (C=O) groups is 1. The van der Waals surface area contributed by atoms with Gasteiger partial charge >= 0.3 is 5.97 Å². The number of aromatic carboxylic acids is 1. The Morgan fingerprint density at radius 3 is 2.44 bits per heavy atom. The van der Waals surface area contributed by atoms with Gasteiger partial charge in [-0.15, -0.1) is 0 Å². The Balaban J connectivity index is 1.58. The molecule has 1 aliphatic heterocycles. The van der Waals surface area contributed by atoms with Crippen molar-refractivity contribution in [2.45, 2.75) is 13.0 Å². The molecule has 0 saturated carbocycles. The highest BCUT2D eigenvalue weighted by Crippen LogP contribution is 2.44. The van der Waals surface area contributed by atoms with Crippen LogP contribution in [0, 0.1) is 0 Å². The number of halogens is 3. The third kappa shape index (κ3) is 4.87. The van der Waals surface area contributed by atoms with Crippen molar-refractivity contribution in [1.82, 2.24) is 4.98 Å². The van der Waals surface area contributed by atoms with Gasteiger partial charge in [0.1, 0.15) is 18.1 Å². The number of carboxylic acid groups (broad SMARTS) is 1. The van der Waals surface area contributed by atoms with Gasteiger partial charge in [0.15, 0.2) is 11.5 Å². The largest absolute Gasteiger partial charge is 0.489 e. The summed E-state index contributed by atoms with van der Waals surface area (Å²) >= 11 is 19.4. The summed E-state index contributed by atoms with van der Waals surface area (Å²) in [5.41, 5.74) is 4.10. The maximum atomic E-state index is 12.4. The van der Waals surface area contributed by atoms with Gasteiger partial charge in [-0.05, 0) is 41.5 Å². The first kappa shape index (κ1) is 25.4. The molecule has 2 N–H and O–H groups in total. The Bertz CT molecular complexity index is 1730. The number of aromatic nitrogens is 1. The van der Waals surface area contributed by atoms with Crippen molar-refractivity contribution >= 4 is 51.7 Å². The number of carboxylic acids is 1. The van der Waals surface area contributed by atoms with E-state index in [-0.39, 0.29) is 12.5 Å². The topological polar surface area (TPSA) is 80.8 Å². The fourth-order valence-electron chi connectivity index (χ4n) is 4.79. The van der Waals surface area contributed by atoms with Gasteiger partial charge in [0.25, 0.3) is 0 Å². The molecular formula is C30H20Cl3NO5. The monoisotopic (exact) mass is 579 g/mol. The average Bonchev–Trinajstić information content (AvgIpc) is 3.53. The lowest BCUT2D eigenvalue weighted by Gasteiger charge is -2.16. The molecule has 1 aromatic heterocycles. The van der Waals surface area contributed by atoms with Crippen LogP contribution in [0.3, 0.4) is 0 Å². The van der Waals surface area contributed by atoms with Crippen LogP contribution in [-0.4, -0.2) is 22.9 Å². The van der Waals surface area contributed by atoms with Crippen LogP contribution in [0.2, 0.25) is 15.1 Å². The van der Waals surface area contributed by atoms with Crippen LogP contribution < -0.4 is 14.2 Å². The quantitative estimate of drug-likeness (QED) is 0.202. The third-order valence-electron chi connectivity index (χ3n) is 6.59. The molecule has 0 fully saturated rings. The number of nitrogens with one attached hydrogen (secondary N) is 1. The van der Waals surface area contributed by atoms with Gasteiger partial charge < -0.3 is 24.3 Å². The Kier molecular flexibility index (Phi) is 6.77. The van der Waals surface area contributed by atoms with Gasteiger partial charge in [-0.25, -0.2) is 4.79 Å². The second kappa shape index (κ2) is 10.4. The van der Waals surface area contributed by atoms with Crippen LogP contribution in [0.5, 0.6) is 17.2 Å². The lowest BCUT2D eigenvalue weighted by Crippen LogP contribution is -2.02. The number of hydrogen-bond donors (Lipinski definition) is 2. The van der Waals surface area contributed by atoms with Crippen molar-refractivity contribution in [1.29, 1.82) is 0 Å². The number of H-pyrrole nitrogens is 1. The lowest BCUT2D eigenvalue weighted by atomic mass is 9.94. The summed E-state index contributed by atoms with van der Waals surface area (Å²) in [6.07, 6.45) is 0.325. The number of aromatic amines is 1. The molecule has 6 rings (SSSR count). The van der Waals surface area contributed by atoms with Crippen molar-refractivity contribution in [3.05, 3.63) is 110 Å². The number of fused-ring (bicyclic) bond motifs is 2. The average molecular weight is 581 g/mol. The maximum absolute atomic E-state index is 12.4. The molecule has 0 bridgehead atoms. The van der Waals surface area contributed by atoms with E-state index in [4.69, 9.17) is 49.0 Å². The normalized spacial score (nSPS) is 12.2. The summed E-state index contributed by atoms with van der Waals surface area (Å²) in [7, 11) is 0. The molecular weight excluding hydrogens is 561 g/mol. The van der Waals surface area contributed by atoms with E-state index in [9.17, 15) is 9.90 Å². The van der Waals surface area contributed by atoms with Crippen molar-refractivity contribution in [3.8, 4) is 28.4 Å². The second-order valence-corrected chi connectivity index (χ2v) is 10.3. The molecule has 4 aromatic carbocycles. The van der Waals surface area contributed by atoms with Crippen LogP contribution in [0.1, 0.15) is 27.2 Å². The highest BCUT2D eigenvalue weighted by atomic mass is 35.5. The molecule has 196 valence electrons. The van der Waals surface area contributed by atoms with E-state index in [1.165, 1.54) is 0 Å². The number of hydrogen-bond acceptors (Lipinski definition) is 4. The lowest BCUT2D eigenvalue weighted by molar-refractivity contribution is 0.0692. The maximum Gasteiger partial charge on any atom is 0.352 e. The van der Waals surface area contributed by atoms with Crippen LogP contribution in [0.15, 0.2) is 72.8 Å². The van der Waals surface area contributed by atoms with Crippen molar-refractivity contribution < 1.29 is 24.1 Å². The molecule has 5 aromatic rings.